The van der Waals surface area contributed by atoms with Crippen LogP contribution < -0.4 is 10.0 Å². The minimum absolute atomic E-state index is 0.0494. The van der Waals surface area contributed by atoms with Crippen LogP contribution in [0.3, 0.4) is 0 Å². The largest absolute Gasteiger partial charge is 0.352 e. The lowest BCUT2D eigenvalue weighted by Crippen LogP contribution is -2.33. The molecule has 144 valence electrons. The predicted octanol–water partition coefficient (Wildman–Crippen LogP) is 2.04. The number of hydrogen-bond donors (Lipinski definition) is 2. The molecule has 26 heavy (non-hydrogen) atoms. The summed E-state index contributed by atoms with van der Waals surface area (Å²) in [6.45, 7) is 5.74. The molecule has 1 amide bonds. The first-order valence-corrected chi connectivity index (χ1v) is 11.1. The summed E-state index contributed by atoms with van der Waals surface area (Å²) in [6.07, 6.45) is 6.53. The molecule has 2 fully saturated rings. The molecule has 0 unspecified atom stereocenters. The molecule has 1 aliphatic carbocycles. The van der Waals surface area contributed by atoms with Crippen molar-refractivity contribution in [3.05, 3.63) is 29.3 Å². The highest BCUT2D eigenvalue weighted by Gasteiger charge is 2.28. The molecule has 0 atom stereocenters. The van der Waals surface area contributed by atoms with Crippen molar-refractivity contribution < 1.29 is 13.2 Å². The molecule has 7 heteroatoms. The summed E-state index contributed by atoms with van der Waals surface area (Å²) in [6, 6.07) is 4.80. The van der Waals surface area contributed by atoms with Crippen LogP contribution in [-0.2, 0) is 10.0 Å². The molecule has 0 radical (unpaired) electrons. The Bertz CT molecular complexity index is 738. The highest BCUT2D eigenvalue weighted by Crippen LogP contribution is 2.23. The van der Waals surface area contributed by atoms with Crippen molar-refractivity contribution in [2.24, 2.45) is 0 Å². The minimum Gasteiger partial charge on any atom is -0.352 e. The number of nitrogens with one attached hydrogen (secondary N) is 2. The standard InChI is InChI=1S/C19H29N3O3S/c1-15-6-9-17(26(24,25)21-16-7-8-16)14-18(15)19(23)20-10-5-13-22-11-3-2-4-12-22/h6,9,14,16,21H,2-5,7-8,10-13H2,1H3,(H,20,23). The molecule has 6 nitrogen and oxygen atoms in total. The van der Waals surface area contributed by atoms with Crippen molar-refractivity contribution in [3.63, 3.8) is 0 Å². The summed E-state index contributed by atoms with van der Waals surface area (Å²) in [4.78, 5) is 15.1. The maximum Gasteiger partial charge on any atom is 0.251 e. The van der Waals surface area contributed by atoms with Gasteiger partial charge in [0.15, 0.2) is 0 Å². The SMILES string of the molecule is Cc1ccc(S(=O)(=O)NC2CC2)cc1C(=O)NCCCN1CCCCC1. The number of sulfonamides is 1. The van der Waals surface area contributed by atoms with Gasteiger partial charge in [-0.05, 0) is 76.4 Å². The average molecular weight is 380 g/mol. The number of aryl methyl sites for hydroxylation is 1. The molecule has 1 aromatic carbocycles. The summed E-state index contributed by atoms with van der Waals surface area (Å²) >= 11 is 0. The summed E-state index contributed by atoms with van der Waals surface area (Å²) < 4.78 is 27.4. The Balaban J connectivity index is 1.55. The molecule has 2 N–H and O–H groups in total. The topological polar surface area (TPSA) is 78.5 Å². The van der Waals surface area contributed by atoms with E-state index in [1.54, 1.807) is 12.1 Å². The van der Waals surface area contributed by atoms with E-state index in [9.17, 15) is 13.2 Å². The van der Waals surface area contributed by atoms with Crippen LogP contribution in [0.2, 0.25) is 0 Å². The van der Waals surface area contributed by atoms with Crippen LogP contribution >= 0.6 is 0 Å². The number of benzene rings is 1. The molecule has 0 aromatic heterocycles. The van der Waals surface area contributed by atoms with Gasteiger partial charge in [0.1, 0.15) is 0 Å². The molecule has 2 aliphatic rings. The number of hydrogen-bond acceptors (Lipinski definition) is 4. The number of nitrogens with zero attached hydrogens (tertiary/aromatic N) is 1. The third-order valence-electron chi connectivity index (χ3n) is 5.05. The molecule has 1 aliphatic heterocycles. The number of amides is 1. The maximum atomic E-state index is 12.5. The Morgan fingerprint density at radius 3 is 2.62 bits per heavy atom. The summed E-state index contributed by atoms with van der Waals surface area (Å²) in [5, 5.41) is 2.93. The van der Waals surface area contributed by atoms with Crippen molar-refractivity contribution in [1.29, 1.82) is 0 Å². The highest BCUT2D eigenvalue weighted by molar-refractivity contribution is 7.89. The molecule has 1 heterocycles. The van der Waals surface area contributed by atoms with Crippen LogP contribution in [0.25, 0.3) is 0 Å². The van der Waals surface area contributed by atoms with Gasteiger partial charge in [0, 0.05) is 18.2 Å². The van der Waals surface area contributed by atoms with E-state index in [-0.39, 0.29) is 16.8 Å². The number of likely N-dealkylation sites (tertiary alicyclic amines) is 1. The third kappa shape index (κ3) is 5.28. The van der Waals surface area contributed by atoms with Gasteiger partial charge in [-0.2, -0.15) is 0 Å². The Morgan fingerprint density at radius 1 is 1.19 bits per heavy atom. The highest BCUT2D eigenvalue weighted by atomic mass is 32.2. The lowest BCUT2D eigenvalue weighted by Gasteiger charge is -2.26. The van der Waals surface area contributed by atoms with E-state index in [4.69, 9.17) is 0 Å². The zero-order valence-electron chi connectivity index (χ0n) is 15.5. The van der Waals surface area contributed by atoms with E-state index in [1.807, 2.05) is 6.92 Å². The van der Waals surface area contributed by atoms with E-state index < -0.39 is 10.0 Å². The molecular weight excluding hydrogens is 350 g/mol. The molecule has 0 spiro atoms. The number of carbonyl (C=O) groups excluding carboxylic acids is 1. The zero-order valence-corrected chi connectivity index (χ0v) is 16.3. The monoisotopic (exact) mass is 379 g/mol. The van der Waals surface area contributed by atoms with Gasteiger partial charge in [0.2, 0.25) is 10.0 Å². The quantitative estimate of drug-likeness (QED) is 0.678. The molecule has 1 saturated carbocycles. The Morgan fingerprint density at radius 2 is 1.92 bits per heavy atom. The van der Waals surface area contributed by atoms with Gasteiger partial charge >= 0.3 is 0 Å². The fourth-order valence-corrected chi connectivity index (χ4v) is 4.62. The Hall–Kier alpha value is -1.44. The van der Waals surface area contributed by atoms with Crippen molar-refractivity contribution in [3.8, 4) is 0 Å². The normalized spacial score (nSPS) is 18.7. The van der Waals surface area contributed by atoms with Crippen LogP contribution in [-0.4, -0.2) is 51.4 Å². The summed E-state index contributed by atoms with van der Waals surface area (Å²) in [5.74, 6) is -0.204. The molecule has 1 aromatic rings. The van der Waals surface area contributed by atoms with Crippen LogP contribution in [0.15, 0.2) is 23.1 Å². The van der Waals surface area contributed by atoms with Gasteiger partial charge in [-0.25, -0.2) is 13.1 Å². The maximum absolute atomic E-state index is 12.5. The zero-order chi connectivity index (χ0) is 18.6. The van der Waals surface area contributed by atoms with Gasteiger partial charge in [-0.1, -0.05) is 12.5 Å². The first kappa shape index (κ1) is 19.3. The number of piperidine rings is 1. The number of carbonyl (C=O) groups is 1. The van der Waals surface area contributed by atoms with Gasteiger partial charge in [-0.3, -0.25) is 4.79 Å². The smallest absolute Gasteiger partial charge is 0.251 e. The van der Waals surface area contributed by atoms with Crippen molar-refractivity contribution in [2.45, 2.75) is 56.4 Å². The minimum atomic E-state index is -3.55. The first-order chi connectivity index (χ1) is 12.5. The van der Waals surface area contributed by atoms with E-state index in [2.05, 4.69) is 14.9 Å². The predicted molar refractivity (Wildman–Crippen MR) is 102 cm³/mol. The van der Waals surface area contributed by atoms with Gasteiger partial charge < -0.3 is 10.2 Å². The molecular formula is C19H29N3O3S. The van der Waals surface area contributed by atoms with Crippen molar-refractivity contribution >= 4 is 15.9 Å². The Kier molecular flexibility index (Phi) is 6.32. The second-order valence-electron chi connectivity index (χ2n) is 7.38. The van der Waals surface area contributed by atoms with Crippen LogP contribution in [0.5, 0.6) is 0 Å². The molecule has 0 bridgehead atoms. The first-order valence-electron chi connectivity index (χ1n) is 9.59. The van der Waals surface area contributed by atoms with Gasteiger partial charge in [0.05, 0.1) is 4.90 Å². The number of rotatable bonds is 8. The van der Waals surface area contributed by atoms with Crippen LogP contribution in [0.1, 0.15) is 54.4 Å². The second-order valence-corrected chi connectivity index (χ2v) is 9.10. The van der Waals surface area contributed by atoms with Crippen LogP contribution in [0, 0.1) is 6.92 Å². The van der Waals surface area contributed by atoms with E-state index >= 15 is 0 Å². The summed E-state index contributed by atoms with van der Waals surface area (Å²) in [5.41, 5.74) is 1.21. The van der Waals surface area contributed by atoms with E-state index in [0.29, 0.717) is 12.1 Å². The van der Waals surface area contributed by atoms with Gasteiger partial charge in [-0.15, -0.1) is 0 Å². The van der Waals surface area contributed by atoms with Crippen LogP contribution in [0.4, 0.5) is 0 Å². The summed E-state index contributed by atoms with van der Waals surface area (Å²) in [7, 11) is -3.55. The van der Waals surface area contributed by atoms with Gasteiger partial charge in [0.25, 0.3) is 5.91 Å². The van der Waals surface area contributed by atoms with E-state index in [0.717, 1.165) is 44.5 Å². The molecule has 3 rings (SSSR count). The molecule has 1 saturated heterocycles. The third-order valence-corrected chi connectivity index (χ3v) is 6.57. The Labute approximate surface area is 156 Å². The second kappa shape index (κ2) is 8.50. The lowest BCUT2D eigenvalue weighted by atomic mass is 10.1. The van der Waals surface area contributed by atoms with E-state index in [1.165, 1.54) is 25.3 Å². The fourth-order valence-electron chi connectivity index (χ4n) is 3.28. The fraction of sp³-hybridized carbons (Fsp3) is 0.632. The lowest BCUT2D eigenvalue weighted by molar-refractivity contribution is 0.0950. The van der Waals surface area contributed by atoms with Crippen molar-refractivity contribution in [1.82, 2.24) is 14.9 Å². The average Bonchev–Trinajstić information content (AvgIpc) is 3.43. The van der Waals surface area contributed by atoms with Crippen molar-refractivity contribution in [2.75, 3.05) is 26.2 Å².